The fourth-order valence-electron chi connectivity index (χ4n) is 2.59. The molecule has 1 saturated carbocycles. The maximum absolute atomic E-state index is 11.7. The molecule has 3 heteroatoms. The molecule has 1 fully saturated rings. The van der Waals surface area contributed by atoms with Crippen LogP contribution < -0.4 is 0 Å². The summed E-state index contributed by atoms with van der Waals surface area (Å²) >= 11 is 0. The van der Waals surface area contributed by atoms with Gasteiger partial charge in [-0.25, -0.2) is 0 Å². The summed E-state index contributed by atoms with van der Waals surface area (Å²) in [5.74, 6) is -0.946. The van der Waals surface area contributed by atoms with Crippen molar-refractivity contribution in [3.63, 3.8) is 0 Å². The summed E-state index contributed by atoms with van der Waals surface area (Å²) in [5.41, 5.74) is 1.13. The van der Waals surface area contributed by atoms with Crippen LogP contribution in [0.5, 0.6) is 0 Å². The molecule has 0 aromatic heterocycles. The van der Waals surface area contributed by atoms with Gasteiger partial charge in [-0.3, -0.25) is 9.59 Å². The second kappa shape index (κ2) is 3.89. The van der Waals surface area contributed by atoms with Gasteiger partial charge in [0, 0.05) is 12.5 Å². The molecule has 2 bridgehead atoms. The zero-order valence-electron chi connectivity index (χ0n) is 9.16. The van der Waals surface area contributed by atoms with Gasteiger partial charge in [-0.05, 0) is 19.8 Å². The summed E-state index contributed by atoms with van der Waals surface area (Å²) in [6.45, 7) is 4.55. The zero-order valence-corrected chi connectivity index (χ0v) is 9.16. The zero-order chi connectivity index (χ0) is 11.0. The van der Waals surface area contributed by atoms with Crippen LogP contribution in [0.15, 0.2) is 11.6 Å². The monoisotopic (exact) mass is 208 g/mol. The van der Waals surface area contributed by atoms with Crippen LogP contribution in [0.4, 0.5) is 0 Å². The lowest BCUT2D eigenvalue weighted by Gasteiger charge is -2.38. The van der Waals surface area contributed by atoms with Crippen molar-refractivity contribution >= 4 is 11.6 Å². The maximum atomic E-state index is 11.7. The molecule has 0 saturated heterocycles. The maximum Gasteiger partial charge on any atom is 0.208 e. The van der Waals surface area contributed by atoms with Crippen molar-refractivity contribution < 1.29 is 14.3 Å². The summed E-state index contributed by atoms with van der Waals surface area (Å²) in [7, 11) is 0. The molecule has 3 atom stereocenters. The van der Waals surface area contributed by atoms with Gasteiger partial charge in [0.1, 0.15) is 0 Å². The predicted molar refractivity (Wildman–Crippen MR) is 55.4 cm³/mol. The van der Waals surface area contributed by atoms with Crippen LogP contribution in [0.1, 0.15) is 26.7 Å². The molecule has 0 unspecified atom stereocenters. The van der Waals surface area contributed by atoms with E-state index in [0.29, 0.717) is 13.0 Å². The van der Waals surface area contributed by atoms with Gasteiger partial charge in [-0.1, -0.05) is 18.6 Å². The second-order valence-electron chi connectivity index (χ2n) is 4.13. The Morgan fingerprint density at radius 1 is 1.33 bits per heavy atom. The van der Waals surface area contributed by atoms with Gasteiger partial charge >= 0.3 is 0 Å². The largest absolute Gasteiger partial charge is 0.377 e. The Hall–Kier alpha value is -0.960. The van der Waals surface area contributed by atoms with E-state index in [-0.39, 0.29) is 29.5 Å². The van der Waals surface area contributed by atoms with Crippen LogP contribution in [0.3, 0.4) is 0 Å². The number of rotatable bonds is 3. The molecule has 0 radical (unpaired) electrons. The van der Waals surface area contributed by atoms with E-state index in [9.17, 15) is 9.59 Å². The second-order valence-corrected chi connectivity index (χ2v) is 4.13. The first-order valence-electron chi connectivity index (χ1n) is 5.59. The number of carbonyl (C=O) groups is 2. The molecule has 0 N–H and O–H groups in total. The number of fused-ring (bicyclic) bond motifs is 2. The van der Waals surface area contributed by atoms with E-state index in [1.165, 1.54) is 0 Å². The molecule has 82 valence electrons. The minimum Gasteiger partial charge on any atom is -0.377 e. The van der Waals surface area contributed by atoms with Crippen molar-refractivity contribution in [1.82, 2.24) is 0 Å². The third-order valence-corrected chi connectivity index (χ3v) is 3.36. The third-order valence-electron chi connectivity index (χ3n) is 3.36. The summed E-state index contributed by atoms with van der Waals surface area (Å²) in [4.78, 5) is 23.3. The smallest absolute Gasteiger partial charge is 0.208 e. The molecule has 15 heavy (non-hydrogen) atoms. The summed E-state index contributed by atoms with van der Waals surface area (Å²) in [6.07, 6.45) is 3.44. The van der Waals surface area contributed by atoms with E-state index < -0.39 is 0 Å². The van der Waals surface area contributed by atoms with Crippen LogP contribution in [-0.2, 0) is 14.3 Å². The van der Waals surface area contributed by atoms with Crippen molar-refractivity contribution in [3.8, 4) is 0 Å². The van der Waals surface area contributed by atoms with E-state index in [2.05, 4.69) is 0 Å². The van der Waals surface area contributed by atoms with Crippen molar-refractivity contribution in [1.29, 1.82) is 0 Å². The third kappa shape index (κ3) is 1.55. The fraction of sp³-hybridized carbons (Fsp3) is 0.667. The minimum absolute atomic E-state index is 0.0690. The van der Waals surface area contributed by atoms with Crippen molar-refractivity contribution in [2.45, 2.75) is 32.8 Å². The molecule has 0 aromatic rings. The first-order chi connectivity index (χ1) is 7.19. The summed E-state index contributed by atoms with van der Waals surface area (Å²) < 4.78 is 5.51. The highest BCUT2D eigenvalue weighted by atomic mass is 16.5. The van der Waals surface area contributed by atoms with E-state index in [1.807, 2.05) is 19.9 Å². The Bertz CT molecular complexity index is 330. The SMILES string of the molecule is CCO[C@@H]1C[C@H]2C(=O)C(=O)[C@@H]1C=C2CC. The van der Waals surface area contributed by atoms with Gasteiger partial charge < -0.3 is 4.74 Å². The summed E-state index contributed by atoms with van der Waals surface area (Å²) in [6, 6.07) is 0. The first kappa shape index (κ1) is 10.6. The van der Waals surface area contributed by atoms with Crippen molar-refractivity contribution in [2.75, 3.05) is 6.61 Å². The number of hydrogen-bond donors (Lipinski definition) is 0. The number of ketones is 2. The standard InChI is InChI=1S/C12H16O3/c1-3-7-5-9-10(15-4-2)6-8(7)11(13)12(9)14/h5,8-10H,3-4,6H2,1-2H3/t8-,9-,10-/m1/s1. The number of allylic oxidation sites excluding steroid dienone is 1. The van der Waals surface area contributed by atoms with E-state index in [0.717, 1.165) is 12.0 Å². The molecule has 0 amide bonds. The Kier molecular flexibility index (Phi) is 2.74. The van der Waals surface area contributed by atoms with E-state index in [4.69, 9.17) is 4.74 Å². The molecule has 0 aromatic carbocycles. The Morgan fingerprint density at radius 2 is 2.07 bits per heavy atom. The number of ether oxygens (including phenoxy) is 1. The fourth-order valence-corrected chi connectivity index (χ4v) is 2.59. The van der Waals surface area contributed by atoms with Crippen LogP contribution in [0, 0.1) is 11.8 Å². The van der Waals surface area contributed by atoms with Gasteiger partial charge in [0.25, 0.3) is 0 Å². The molecule has 3 rings (SSSR count). The predicted octanol–water partition coefficient (Wildman–Crippen LogP) is 1.52. The molecule has 3 nitrogen and oxygen atoms in total. The van der Waals surface area contributed by atoms with Crippen LogP contribution >= 0.6 is 0 Å². The number of Topliss-reactive ketones (excluding diaryl/α,β-unsaturated/α-hetero) is 2. The highest BCUT2D eigenvalue weighted by molar-refractivity contribution is 6.41. The Balaban J connectivity index is 2.29. The Morgan fingerprint density at radius 3 is 2.67 bits per heavy atom. The van der Waals surface area contributed by atoms with Gasteiger partial charge in [0.05, 0.1) is 12.0 Å². The quantitative estimate of drug-likeness (QED) is 0.521. The highest BCUT2D eigenvalue weighted by Gasteiger charge is 2.47. The lowest BCUT2D eigenvalue weighted by Crippen LogP contribution is -2.48. The number of carbonyl (C=O) groups excluding carboxylic acids is 2. The molecule has 3 aliphatic rings. The van der Waals surface area contributed by atoms with Gasteiger partial charge in [0.15, 0.2) is 0 Å². The average Bonchev–Trinajstić information content (AvgIpc) is 2.25. The topological polar surface area (TPSA) is 43.4 Å². The van der Waals surface area contributed by atoms with E-state index in [1.54, 1.807) is 0 Å². The van der Waals surface area contributed by atoms with Crippen LogP contribution in [0.2, 0.25) is 0 Å². The number of hydrogen-bond acceptors (Lipinski definition) is 3. The highest BCUT2D eigenvalue weighted by Crippen LogP contribution is 2.39. The van der Waals surface area contributed by atoms with Crippen LogP contribution in [0.25, 0.3) is 0 Å². The van der Waals surface area contributed by atoms with E-state index >= 15 is 0 Å². The van der Waals surface area contributed by atoms with Crippen LogP contribution in [-0.4, -0.2) is 24.3 Å². The molecular weight excluding hydrogens is 192 g/mol. The van der Waals surface area contributed by atoms with Gasteiger partial charge in [-0.2, -0.15) is 0 Å². The molecule has 0 heterocycles. The molecule has 0 aliphatic heterocycles. The molecule has 0 spiro atoms. The van der Waals surface area contributed by atoms with Gasteiger partial charge in [-0.15, -0.1) is 0 Å². The Labute approximate surface area is 89.5 Å². The minimum atomic E-state index is -0.308. The van der Waals surface area contributed by atoms with Crippen molar-refractivity contribution in [3.05, 3.63) is 11.6 Å². The first-order valence-corrected chi connectivity index (χ1v) is 5.59. The normalized spacial score (nSPS) is 34.5. The molecular formula is C12H16O3. The van der Waals surface area contributed by atoms with Gasteiger partial charge in [0.2, 0.25) is 11.6 Å². The lowest BCUT2D eigenvalue weighted by atomic mass is 9.67. The summed E-state index contributed by atoms with van der Waals surface area (Å²) in [5, 5.41) is 0. The molecule has 3 aliphatic carbocycles. The lowest BCUT2D eigenvalue weighted by molar-refractivity contribution is -0.148. The average molecular weight is 208 g/mol. The van der Waals surface area contributed by atoms with Crippen molar-refractivity contribution in [2.24, 2.45) is 11.8 Å².